The van der Waals surface area contributed by atoms with Crippen LogP contribution >= 0.6 is 0 Å². The molecule has 6 nitrogen and oxygen atoms in total. The standard InChI is InChI=1S/C16H31N5O/c1-12(2)20(8)14(22)15(3,4)11-16(5,6)21-10-13(9-17-7)18-19-21/h10,12,17H,9,11H2,1-8H3. The predicted octanol–water partition coefficient (Wildman–Crippen LogP) is 2.02. The molecule has 0 aromatic carbocycles. The molecule has 22 heavy (non-hydrogen) atoms. The molecular weight excluding hydrogens is 278 g/mol. The zero-order valence-corrected chi connectivity index (χ0v) is 15.3. The van der Waals surface area contributed by atoms with E-state index >= 15 is 0 Å². The minimum atomic E-state index is -0.461. The summed E-state index contributed by atoms with van der Waals surface area (Å²) < 4.78 is 1.87. The van der Waals surface area contributed by atoms with Gasteiger partial charge in [0.2, 0.25) is 5.91 Å². The number of amides is 1. The van der Waals surface area contributed by atoms with Crippen molar-refractivity contribution in [1.29, 1.82) is 0 Å². The Labute approximate surface area is 134 Å². The SMILES string of the molecule is CNCc1cn(C(C)(C)CC(C)(C)C(=O)N(C)C(C)C)nn1. The molecule has 0 radical (unpaired) electrons. The van der Waals surface area contributed by atoms with Crippen LogP contribution in [-0.4, -0.2) is 45.9 Å². The minimum Gasteiger partial charge on any atom is -0.343 e. The number of hydrogen-bond donors (Lipinski definition) is 1. The molecule has 1 N–H and O–H groups in total. The van der Waals surface area contributed by atoms with Crippen molar-refractivity contribution in [1.82, 2.24) is 25.2 Å². The fourth-order valence-electron chi connectivity index (χ4n) is 2.81. The molecule has 0 spiro atoms. The largest absolute Gasteiger partial charge is 0.343 e. The molecule has 0 bridgehead atoms. The van der Waals surface area contributed by atoms with Crippen molar-refractivity contribution in [3.05, 3.63) is 11.9 Å². The summed E-state index contributed by atoms with van der Waals surface area (Å²) in [5.41, 5.74) is 0.159. The number of carbonyl (C=O) groups is 1. The lowest BCUT2D eigenvalue weighted by atomic mass is 9.79. The van der Waals surface area contributed by atoms with E-state index in [0.29, 0.717) is 13.0 Å². The zero-order valence-electron chi connectivity index (χ0n) is 15.3. The van der Waals surface area contributed by atoms with Crippen LogP contribution in [0.15, 0.2) is 6.20 Å². The van der Waals surface area contributed by atoms with Crippen molar-refractivity contribution in [3.63, 3.8) is 0 Å². The molecule has 1 aromatic rings. The summed E-state index contributed by atoms with van der Waals surface area (Å²) in [7, 11) is 3.75. The smallest absolute Gasteiger partial charge is 0.228 e. The number of rotatable bonds is 7. The summed E-state index contributed by atoms with van der Waals surface area (Å²) in [4.78, 5) is 14.5. The first-order valence-corrected chi connectivity index (χ1v) is 7.85. The van der Waals surface area contributed by atoms with Gasteiger partial charge in [0.1, 0.15) is 0 Å². The van der Waals surface area contributed by atoms with Gasteiger partial charge in [0, 0.05) is 25.0 Å². The van der Waals surface area contributed by atoms with Crippen molar-refractivity contribution in [2.75, 3.05) is 14.1 Å². The molecule has 1 aromatic heterocycles. The van der Waals surface area contributed by atoms with Gasteiger partial charge in [-0.25, -0.2) is 4.68 Å². The first-order chi connectivity index (χ1) is 10.0. The Morgan fingerprint density at radius 2 is 1.95 bits per heavy atom. The molecule has 126 valence electrons. The first kappa shape index (κ1) is 18.6. The van der Waals surface area contributed by atoms with E-state index < -0.39 is 5.41 Å². The summed E-state index contributed by atoms with van der Waals surface area (Å²) in [6.45, 7) is 12.9. The van der Waals surface area contributed by atoms with Crippen molar-refractivity contribution in [3.8, 4) is 0 Å². The van der Waals surface area contributed by atoms with E-state index in [-0.39, 0.29) is 17.5 Å². The number of nitrogens with zero attached hydrogens (tertiary/aromatic N) is 4. The third kappa shape index (κ3) is 4.29. The highest BCUT2D eigenvalue weighted by Gasteiger charge is 2.38. The predicted molar refractivity (Wildman–Crippen MR) is 88.4 cm³/mol. The Hall–Kier alpha value is -1.43. The average molecular weight is 309 g/mol. The Morgan fingerprint density at radius 1 is 1.36 bits per heavy atom. The Balaban J connectivity index is 2.91. The van der Waals surface area contributed by atoms with Crippen LogP contribution in [0.25, 0.3) is 0 Å². The normalized spacial score (nSPS) is 12.8. The maximum atomic E-state index is 12.7. The average Bonchev–Trinajstić information content (AvgIpc) is 2.85. The number of nitrogens with one attached hydrogen (secondary N) is 1. The lowest BCUT2D eigenvalue weighted by molar-refractivity contribution is -0.142. The van der Waals surface area contributed by atoms with Crippen molar-refractivity contribution < 1.29 is 4.79 Å². The summed E-state index contributed by atoms with van der Waals surface area (Å²) in [6.07, 6.45) is 2.64. The molecule has 0 unspecified atom stereocenters. The van der Waals surface area contributed by atoms with Crippen LogP contribution < -0.4 is 5.32 Å². The van der Waals surface area contributed by atoms with E-state index in [0.717, 1.165) is 5.69 Å². The van der Waals surface area contributed by atoms with E-state index in [1.807, 2.05) is 57.6 Å². The molecular formula is C16H31N5O. The fourth-order valence-corrected chi connectivity index (χ4v) is 2.81. The third-order valence-corrected chi connectivity index (χ3v) is 4.07. The van der Waals surface area contributed by atoms with Gasteiger partial charge in [-0.3, -0.25) is 4.79 Å². The van der Waals surface area contributed by atoms with Crippen molar-refractivity contribution in [2.24, 2.45) is 5.41 Å². The van der Waals surface area contributed by atoms with Gasteiger partial charge >= 0.3 is 0 Å². The second-order valence-electron chi connectivity index (χ2n) is 7.57. The second-order valence-corrected chi connectivity index (χ2v) is 7.57. The molecule has 0 saturated heterocycles. The molecule has 0 saturated carbocycles. The van der Waals surface area contributed by atoms with E-state index in [1.54, 1.807) is 0 Å². The fraction of sp³-hybridized carbons (Fsp3) is 0.812. The number of carbonyl (C=O) groups excluding carboxylic acids is 1. The van der Waals surface area contributed by atoms with E-state index in [9.17, 15) is 4.79 Å². The highest BCUT2D eigenvalue weighted by Crippen LogP contribution is 2.34. The van der Waals surface area contributed by atoms with Crippen LogP contribution in [-0.2, 0) is 16.9 Å². The number of aromatic nitrogens is 3. The van der Waals surface area contributed by atoms with Gasteiger partial charge in [0.15, 0.2) is 0 Å². The number of hydrogen-bond acceptors (Lipinski definition) is 4. The lowest BCUT2D eigenvalue weighted by Crippen LogP contribution is -2.45. The van der Waals surface area contributed by atoms with Gasteiger partial charge in [-0.2, -0.15) is 0 Å². The van der Waals surface area contributed by atoms with Crippen molar-refractivity contribution >= 4 is 5.91 Å². The summed E-state index contributed by atoms with van der Waals surface area (Å²) in [5, 5.41) is 11.5. The van der Waals surface area contributed by atoms with Gasteiger partial charge in [-0.1, -0.05) is 19.1 Å². The van der Waals surface area contributed by atoms with Crippen LogP contribution in [0.4, 0.5) is 0 Å². The first-order valence-electron chi connectivity index (χ1n) is 7.85. The Kier molecular flexibility index (Phi) is 5.73. The van der Waals surface area contributed by atoms with Crippen LogP contribution in [0.3, 0.4) is 0 Å². The van der Waals surface area contributed by atoms with Crippen LogP contribution in [0.2, 0.25) is 0 Å². The second kappa shape index (κ2) is 6.77. The Morgan fingerprint density at radius 3 is 2.45 bits per heavy atom. The molecule has 0 aliphatic rings. The van der Waals surface area contributed by atoms with E-state index in [1.165, 1.54) is 0 Å². The van der Waals surface area contributed by atoms with Crippen LogP contribution in [0.1, 0.15) is 53.7 Å². The Bertz CT molecular complexity index is 504. The highest BCUT2D eigenvalue weighted by molar-refractivity contribution is 5.82. The molecule has 6 heteroatoms. The third-order valence-electron chi connectivity index (χ3n) is 4.07. The molecule has 0 aliphatic heterocycles. The van der Waals surface area contributed by atoms with Gasteiger partial charge < -0.3 is 10.2 Å². The van der Waals surface area contributed by atoms with E-state index in [4.69, 9.17) is 0 Å². The highest BCUT2D eigenvalue weighted by atomic mass is 16.2. The topological polar surface area (TPSA) is 63.1 Å². The molecule has 1 amide bonds. The summed E-state index contributed by atoms with van der Waals surface area (Å²) in [5.74, 6) is 0.158. The van der Waals surface area contributed by atoms with Crippen molar-refractivity contribution in [2.45, 2.75) is 66.1 Å². The molecule has 1 heterocycles. The van der Waals surface area contributed by atoms with Crippen LogP contribution in [0.5, 0.6) is 0 Å². The molecule has 0 fully saturated rings. The van der Waals surface area contributed by atoms with Gasteiger partial charge in [-0.05, 0) is 41.2 Å². The summed E-state index contributed by atoms with van der Waals surface area (Å²) >= 11 is 0. The lowest BCUT2D eigenvalue weighted by Gasteiger charge is -2.37. The van der Waals surface area contributed by atoms with Gasteiger partial charge in [0.25, 0.3) is 0 Å². The minimum absolute atomic E-state index is 0.158. The maximum absolute atomic E-state index is 12.7. The molecule has 0 atom stereocenters. The van der Waals surface area contributed by atoms with Gasteiger partial charge in [-0.15, -0.1) is 5.10 Å². The zero-order chi connectivity index (χ0) is 17.1. The van der Waals surface area contributed by atoms with Crippen LogP contribution in [0, 0.1) is 5.41 Å². The van der Waals surface area contributed by atoms with E-state index in [2.05, 4.69) is 29.5 Å². The maximum Gasteiger partial charge on any atom is 0.228 e. The summed E-state index contributed by atoms with van der Waals surface area (Å²) in [6, 6.07) is 0.198. The van der Waals surface area contributed by atoms with Gasteiger partial charge in [0.05, 0.1) is 17.4 Å². The molecule has 0 aliphatic carbocycles. The monoisotopic (exact) mass is 309 g/mol. The molecule has 1 rings (SSSR count). The quantitative estimate of drug-likeness (QED) is 0.837.